The minimum Gasteiger partial charge on any atom is -0.493 e. The molecule has 2 aromatic heterocycles. The van der Waals surface area contributed by atoms with Crippen LogP contribution in [-0.2, 0) is 0 Å². The van der Waals surface area contributed by atoms with Crippen molar-refractivity contribution in [1.29, 1.82) is 0 Å². The lowest BCUT2D eigenvalue weighted by Crippen LogP contribution is -2.29. The molecule has 8 nitrogen and oxygen atoms in total. The van der Waals surface area contributed by atoms with Crippen molar-refractivity contribution in [2.45, 2.75) is 26.8 Å². The van der Waals surface area contributed by atoms with E-state index in [4.69, 9.17) is 13.9 Å². The van der Waals surface area contributed by atoms with Crippen LogP contribution in [0, 0.1) is 13.8 Å². The number of Topliss-reactive ketones (excluding diaryl/α,β-unsaturated/α-hetero) is 1. The van der Waals surface area contributed by atoms with Crippen molar-refractivity contribution in [2.75, 3.05) is 19.1 Å². The minimum atomic E-state index is -0.830. The fourth-order valence-corrected chi connectivity index (χ4v) is 5.42. The topological polar surface area (TPSA) is 98.9 Å². The molecular formula is C26H22N2O6S. The molecule has 9 heteroatoms. The first-order chi connectivity index (χ1) is 16.7. The Labute approximate surface area is 204 Å². The average Bonchev–Trinajstić information content (AvgIpc) is 3.36. The van der Waals surface area contributed by atoms with Crippen LogP contribution in [0.5, 0.6) is 11.5 Å². The highest BCUT2D eigenvalue weighted by atomic mass is 32.1. The molecule has 3 heterocycles. The van der Waals surface area contributed by atoms with Crippen LogP contribution >= 0.6 is 11.3 Å². The largest absolute Gasteiger partial charge is 0.493 e. The van der Waals surface area contributed by atoms with Gasteiger partial charge in [0.1, 0.15) is 5.58 Å². The van der Waals surface area contributed by atoms with E-state index in [0.29, 0.717) is 43.7 Å². The number of benzene rings is 2. The number of anilines is 1. The molecule has 1 atom stereocenters. The summed E-state index contributed by atoms with van der Waals surface area (Å²) in [5.41, 5.74) is 2.30. The summed E-state index contributed by atoms with van der Waals surface area (Å²) in [4.78, 5) is 46.0. The van der Waals surface area contributed by atoms with Gasteiger partial charge in [-0.1, -0.05) is 29.0 Å². The fourth-order valence-electron chi connectivity index (χ4n) is 4.43. The summed E-state index contributed by atoms with van der Waals surface area (Å²) < 4.78 is 16.8. The van der Waals surface area contributed by atoms with E-state index in [2.05, 4.69) is 4.98 Å². The molecular weight excluding hydrogens is 468 g/mol. The second-order valence-electron chi connectivity index (χ2n) is 8.33. The van der Waals surface area contributed by atoms with Crippen molar-refractivity contribution in [3.63, 3.8) is 0 Å². The zero-order valence-corrected chi connectivity index (χ0v) is 20.6. The lowest BCUT2D eigenvalue weighted by atomic mass is 9.98. The van der Waals surface area contributed by atoms with E-state index in [-0.39, 0.29) is 22.5 Å². The van der Waals surface area contributed by atoms with Gasteiger partial charge in [0.2, 0.25) is 5.76 Å². The summed E-state index contributed by atoms with van der Waals surface area (Å²) in [5, 5.41) is 0.701. The maximum Gasteiger partial charge on any atom is 0.297 e. The number of ketones is 1. The number of carbonyl (C=O) groups excluding carboxylic acids is 2. The van der Waals surface area contributed by atoms with E-state index < -0.39 is 11.9 Å². The Kier molecular flexibility index (Phi) is 5.44. The van der Waals surface area contributed by atoms with Crippen LogP contribution in [0.4, 0.5) is 5.13 Å². The van der Waals surface area contributed by atoms with Crippen LogP contribution in [0.15, 0.2) is 45.6 Å². The van der Waals surface area contributed by atoms with Crippen molar-refractivity contribution < 1.29 is 23.5 Å². The van der Waals surface area contributed by atoms with Gasteiger partial charge in [0.15, 0.2) is 27.8 Å². The molecule has 0 saturated heterocycles. The van der Waals surface area contributed by atoms with Gasteiger partial charge in [-0.15, -0.1) is 0 Å². The van der Waals surface area contributed by atoms with E-state index in [9.17, 15) is 14.4 Å². The smallest absolute Gasteiger partial charge is 0.297 e. The third kappa shape index (κ3) is 3.50. The van der Waals surface area contributed by atoms with Crippen LogP contribution in [0.1, 0.15) is 55.6 Å². The predicted molar refractivity (Wildman–Crippen MR) is 132 cm³/mol. The Hall–Kier alpha value is -3.98. The van der Waals surface area contributed by atoms with Gasteiger partial charge in [0.05, 0.1) is 41.8 Å². The van der Waals surface area contributed by atoms with Gasteiger partial charge in [-0.25, -0.2) is 4.98 Å². The number of fused-ring (bicyclic) bond motifs is 2. The van der Waals surface area contributed by atoms with Crippen LogP contribution in [0.2, 0.25) is 0 Å². The summed E-state index contributed by atoms with van der Waals surface area (Å²) in [7, 11) is 3.05. The first-order valence-corrected chi connectivity index (χ1v) is 11.7. The molecule has 0 radical (unpaired) electrons. The number of aromatic nitrogens is 1. The van der Waals surface area contributed by atoms with E-state index in [0.717, 1.165) is 16.9 Å². The number of aryl methyl sites for hydroxylation is 2. The molecule has 1 amide bonds. The van der Waals surface area contributed by atoms with Gasteiger partial charge in [0, 0.05) is 6.92 Å². The van der Waals surface area contributed by atoms with Crippen molar-refractivity contribution in [3.05, 3.63) is 79.6 Å². The standard InChI is InChI=1S/C26H22N2O6S/c1-12-6-8-17-16(10-12)22(30)20-21(15-7-9-18(32-4)19(11-15)33-5)28(25(31)23(20)34-17)26-27-13(2)24(35-26)14(3)29/h6-11,21H,1-5H3/t21-/m1/s1. The highest BCUT2D eigenvalue weighted by Gasteiger charge is 2.45. The molecule has 0 fully saturated rings. The molecule has 2 aromatic carbocycles. The third-order valence-electron chi connectivity index (χ3n) is 6.06. The molecule has 35 heavy (non-hydrogen) atoms. The Balaban J connectivity index is 1.81. The van der Waals surface area contributed by atoms with Gasteiger partial charge in [-0.3, -0.25) is 19.3 Å². The molecule has 0 spiro atoms. The van der Waals surface area contributed by atoms with Crippen molar-refractivity contribution in [3.8, 4) is 11.5 Å². The maximum absolute atomic E-state index is 13.8. The first-order valence-electron chi connectivity index (χ1n) is 10.9. The summed E-state index contributed by atoms with van der Waals surface area (Å²) in [6.45, 7) is 5.06. The number of hydrogen-bond acceptors (Lipinski definition) is 8. The molecule has 0 N–H and O–H groups in total. The van der Waals surface area contributed by atoms with Crippen LogP contribution in [0.3, 0.4) is 0 Å². The quantitative estimate of drug-likeness (QED) is 0.369. The summed E-state index contributed by atoms with van der Waals surface area (Å²) >= 11 is 1.11. The first kappa shape index (κ1) is 22.8. The Morgan fingerprint density at radius 2 is 1.80 bits per heavy atom. The Morgan fingerprint density at radius 3 is 2.46 bits per heavy atom. The number of nitrogens with zero attached hydrogens (tertiary/aromatic N) is 2. The lowest BCUT2D eigenvalue weighted by Gasteiger charge is -2.23. The van der Waals surface area contributed by atoms with Gasteiger partial charge in [-0.2, -0.15) is 0 Å². The minimum absolute atomic E-state index is 0.0385. The monoisotopic (exact) mass is 490 g/mol. The molecule has 5 rings (SSSR count). The molecule has 4 aromatic rings. The lowest BCUT2D eigenvalue weighted by molar-refractivity contribution is 0.0969. The van der Waals surface area contributed by atoms with E-state index in [1.807, 2.05) is 13.0 Å². The Morgan fingerprint density at radius 1 is 1.06 bits per heavy atom. The molecule has 0 saturated carbocycles. The maximum atomic E-state index is 13.8. The van der Waals surface area contributed by atoms with Crippen molar-refractivity contribution >= 4 is 39.1 Å². The van der Waals surface area contributed by atoms with E-state index in [1.54, 1.807) is 37.3 Å². The molecule has 0 aliphatic carbocycles. The predicted octanol–water partition coefficient (Wildman–Crippen LogP) is 4.84. The van der Waals surface area contributed by atoms with Crippen LogP contribution in [-0.4, -0.2) is 30.9 Å². The zero-order chi connectivity index (χ0) is 25.0. The summed E-state index contributed by atoms with van der Waals surface area (Å²) in [6.07, 6.45) is 0. The highest BCUT2D eigenvalue weighted by Crippen LogP contribution is 2.44. The van der Waals surface area contributed by atoms with Crippen LogP contribution in [0.25, 0.3) is 11.0 Å². The third-order valence-corrected chi connectivity index (χ3v) is 7.32. The molecule has 0 unspecified atom stereocenters. The molecule has 178 valence electrons. The SMILES string of the molecule is COc1ccc([C@@H]2c3c(oc4ccc(C)cc4c3=O)C(=O)N2c2nc(C)c(C(C)=O)s2)cc1OC. The van der Waals surface area contributed by atoms with Gasteiger partial charge < -0.3 is 13.9 Å². The molecule has 0 bridgehead atoms. The zero-order valence-electron chi connectivity index (χ0n) is 19.8. The molecule has 1 aliphatic rings. The van der Waals surface area contributed by atoms with E-state index in [1.165, 1.54) is 26.0 Å². The van der Waals surface area contributed by atoms with E-state index >= 15 is 0 Å². The van der Waals surface area contributed by atoms with Crippen molar-refractivity contribution in [2.24, 2.45) is 0 Å². The van der Waals surface area contributed by atoms with Gasteiger partial charge in [0.25, 0.3) is 5.91 Å². The number of methoxy groups -OCH3 is 2. The number of carbonyl (C=O) groups is 2. The fraction of sp³-hybridized carbons (Fsp3) is 0.231. The van der Waals surface area contributed by atoms with Gasteiger partial charge in [-0.05, 0) is 43.7 Å². The van der Waals surface area contributed by atoms with Crippen molar-refractivity contribution in [1.82, 2.24) is 4.98 Å². The average molecular weight is 491 g/mol. The summed E-state index contributed by atoms with van der Waals surface area (Å²) in [6, 6.07) is 9.65. The highest BCUT2D eigenvalue weighted by molar-refractivity contribution is 7.17. The number of ether oxygens (including phenoxy) is 2. The number of amides is 1. The molecule has 1 aliphatic heterocycles. The second kappa shape index (κ2) is 8.35. The second-order valence-corrected chi connectivity index (χ2v) is 9.31. The van der Waals surface area contributed by atoms with Crippen LogP contribution < -0.4 is 19.8 Å². The number of rotatable bonds is 5. The number of hydrogen-bond donors (Lipinski definition) is 0. The Bertz CT molecular complexity index is 1580. The normalized spacial score (nSPS) is 14.9. The summed E-state index contributed by atoms with van der Waals surface area (Å²) in [5.74, 6) is 0.282. The van der Waals surface area contributed by atoms with Gasteiger partial charge >= 0.3 is 0 Å². The number of thiazole rings is 1.